The Bertz CT molecular complexity index is 885. The first kappa shape index (κ1) is 19.6. The lowest BCUT2D eigenvalue weighted by molar-refractivity contribution is -0.121. The quantitative estimate of drug-likeness (QED) is 0.451. The first-order valence-corrected chi connectivity index (χ1v) is 10.2. The van der Waals surface area contributed by atoms with Crippen LogP contribution in [0.25, 0.3) is 0 Å². The SMILES string of the molecule is O=C(CC(c1ccccc1)c1ccccc1)N[C@@H](c1ccccc1)c1ccncc1. The maximum Gasteiger partial charge on any atom is 0.221 e. The predicted octanol–water partition coefficient (Wildman–Crippen LogP) is 5.51. The minimum atomic E-state index is -0.214. The Morgan fingerprint density at radius 3 is 1.57 bits per heavy atom. The molecule has 0 saturated carbocycles. The Labute approximate surface area is 177 Å². The van der Waals surface area contributed by atoms with E-state index in [-0.39, 0.29) is 17.9 Å². The third-order valence-electron chi connectivity index (χ3n) is 5.27. The van der Waals surface area contributed by atoms with Crippen molar-refractivity contribution < 1.29 is 4.79 Å². The number of carbonyl (C=O) groups excluding carboxylic acids is 1. The molecule has 30 heavy (non-hydrogen) atoms. The fourth-order valence-corrected chi connectivity index (χ4v) is 3.76. The lowest BCUT2D eigenvalue weighted by Crippen LogP contribution is -2.30. The first-order valence-electron chi connectivity index (χ1n) is 10.2. The van der Waals surface area contributed by atoms with Crippen LogP contribution in [0.2, 0.25) is 0 Å². The molecule has 4 rings (SSSR count). The van der Waals surface area contributed by atoms with Gasteiger partial charge in [-0.3, -0.25) is 9.78 Å². The number of nitrogens with one attached hydrogen (secondary N) is 1. The third-order valence-corrected chi connectivity index (χ3v) is 5.27. The highest BCUT2D eigenvalue weighted by Crippen LogP contribution is 2.29. The van der Waals surface area contributed by atoms with Gasteiger partial charge in [0.05, 0.1) is 6.04 Å². The first-order chi connectivity index (χ1) is 14.8. The van der Waals surface area contributed by atoms with E-state index >= 15 is 0 Å². The number of nitrogens with zero attached hydrogens (tertiary/aromatic N) is 1. The van der Waals surface area contributed by atoms with E-state index in [2.05, 4.69) is 34.6 Å². The molecular weight excluding hydrogens is 368 g/mol. The molecule has 0 aliphatic carbocycles. The van der Waals surface area contributed by atoms with Gasteiger partial charge in [0.2, 0.25) is 5.91 Å². The van der Waals surface area contributed by atoms with Crippen molar-refractivity contribution in [2.45, 2.75) is 18.4 Å². The largest absolute Gasteiger partial charge is 0.345 e. The number of benzene rings is 3. The Balaban J connectivity index is 1.60. The molecule has 0 aliphatic heterocycles. The van der Waals surface area contributed by atoms with E-state index in [9.17, 15) is 4.79 Å². The zero-order valence-corrected chi connectivity index (χ0v) is 16.7. The molecule has 0 bridgehead atoms. The molecule has 0 aliphatic rings. The zero-order chi connectivity index (χ0) is 20.6. The van der Waals surface area contributed by atoms with E-state index in [0.29, 0.717) is 6.42 Å². The van der Waals surface area contributed by atoms with E-state index in [4.69, 9.17) is 0 Å². The summed E-state index contributed by atoms with van der Waals surface area (Å²) in [4.78, 5) is 17.3. The van der Waals surface area contributed by atoms with Gasteiger partial charge in [-0.05, 0) is 34.4 Å². The van der Waals surface area contributed by atoms with Crippen LogP contribution in [-0.2, 0) is 4.79 Å². The highest BCUT2D eigenvalue weighted by molar-refractivity contribution is 5.78. The molecule has 0 radical (unpaired) electrons. The van der Waals surface area contributed by atoms with Crippen LogP contribution >= 0.6 is 0 Å². The van der Waals surface area contributed by atoms with Gasteiger partial charge in [-0.2, -0.15) is 0 Å². The van der Waals surface area contributed by atoms with Crippen molar-refractivity contribution in [3.63, 3.8) is 0 Å². The summed E-state index contributed by atoms with van der Waals surface area (Å²) < 4.78 is 0. The average molecular weight is 393 g/mol. The van der Waals surface area contributed by atoms with Gasteiger partial charge in [0, 0.05) is 24.7 Å². The maximum absolute atomic E-state index is 13.2. The molecule has 4 aromatic rings. The molecule has 1 N–H and O–H groups in total. The molecule has 3 aromatic carbocycles. The summed E-state index contributed by atoms with van der Waals surface area (Å²) in [5.41, 5.74) is 4.34. The molecule has 1 heterocycles. The summed E-state index contributed by atoms with van der Waals surface area (Å²) in [5, 5.41) is 3.25. The van der Waals surface area contributed by atoms with Crippen LogP contribution in [0.4, 0.5) is 0 Å². The molecule has 148 valence electrons. The van der Waals surface area contributed by atoms with Crippen molar-refractivity contribution in [3.8, 4) is 0 Å². The van der Waals surface area contributed by atoms with Crippen LogP contribution in [0.5, 0.6) is 0 Å². The van der Waals surface area contributed by atoms with Crippen LogP contribution in [0.1, 0.15) is 40.6 Å². The van der Waals surface area contributed by atoms with E-state index in [0.717, 1.165) is 22.3 Å². The number of pyridine rings is 1. The Hall–Kier alpha value is -3.72. The zero-order valence-electron chi connectivity index (χ0n) is 16.7. The fraction of sp³-hybridized carbons (Fsp3) is 0.111. The van der Waals surface area contributed by atoms with Gasteiger partial charge in [-0.1, -0.05) is 91.0 Å². The summed E-state index contributed by atoms with van der Waals surface area (Å²) in [6.45, 7) is 0. The average Bonchev–Trinajstić information content (AvgIpc) is 2.83. The molecule has 0 fully saturated rings. The van der Waals surface area contributed by atoms with Gasteiger partial charge < -0.3 is 5.32 Å². The molecule has 0 unspecified atom stereocenters. The second-order valence-corrected chi connectivity index (χ2v) is 7.27. The predicted molar refractivity (Wildman–Crippen MR) is 120 cm³/mol. The molecule has 1 aromatic heterocycles. The second-order valence-electron chi connectivity index (χ2n) is 7.27. The van der Waals surface area contributed by atoms with E-state index < -0.39 is 0 Å². The third kappa shape index (κ3) is 4.81. The molecule has 3 nitrogen and oxygen atoms in total. The summed E-state index contributed by atoms with van der Waals surface area (Å²) in [6.07, 6.45) is 3.89. The number of aromatic nitrogens is 1. The molecule has 3 heteroatoms. The minimum Gasteiger partial charge on any atom is -0.345 e. The van der Waals surface area contributed by atoms with Crippen LogP contribution in [-0.4, -0.2) is 10.9 Å². The van der Waals surface area contributed by atoms with Crippen LogP contribution in [0.15, 0.2) is 116 Å². The fourth-order valence-electron chi connectivity index (χ4n) is 3.76. The molecular formula is C27H24N2O. The summed E-state index contributed by atoms with van der Waals surface area (Å²) in [7, 11) is 0. The number of carbonyl (C=O) groups is 1. The lowest BCUT2D eigenvalue weighted by Gasteiger charge is -2.23. The maximum atomic E-state index is 13.2. The van der Waals surface area contributed by atoms with Gasteiger partial charge in [0.15, 0.2) is 0 Å². The number of hydrogen-bond donors (Lipinski definition) is 1. The van der Waals surface area contributed by atoms with Crippen molar-refractivity contribution in [1.29, 1.82) is 0 Å². The van der Waals surface area contributed by atoms with Gasteiger partial charge in [0.25, 0.3) is 0 Å². The van der Waals surface area contributed by atoms with Crippen LogP contribution in [0.3, 0.4) is 0 Å². The lowest BCUT2D eigenvalue weighted by atomic mass is 9.88. The Morgan fingerprint density at radius 1 is 0.633 bits per heavy atom. The van der Waals surface area contributed by atoms with E-state index in [1.165, 1.54) is 0 Å². The van der Waals surface area contributed by atoms with Crippen molar-refractivity contribution >= 4 is 5.91 Å². The van der Waals surface area contributed by atoms with Crippen molar-refractivity contribution in [3.05, 3.63) is 138 Å². The highest BCUT2D eigenvalue weighted by atomic mass is 16.1. The topological polar surface area (TPSA) is 42.0 Å². The van der Waals surface area contributed by atoms with Gasteiger partial charge in [-0.25, -0.2) is 0 Å². The smallest absolute Gasteiger partial charge is 0.221 e. The molecule has 1 amide bonds. The number of rotatable bonds is 7. The summed E-state index contributed by atoms with van der Waals surface area (Å²) in [5.74, 6) is 0.0136. The molecule has 0 saturated heterocycles. The number of hydrogen-bond acceptors (Lipinski definition) is 2. The van der Waals surface area contributed by atoms with Gasteiger partial charge in [-0.15, -0.1) is 0 Å². The monoisotopic (exact) mass is 392 g/mol. The van der Waals surface area contributed by atoms with Crippen molar-refractivity contribution in [2.24, 2.45) is 0 Å². The Kier molecular flexibility index (Phi) is 6.31. The van der Waals surface area contributed by atoms with Gasteiger partial charge >= 0.3 is 0 Å². The van der Waals surface area contributed by atoms with Crippen LogP contribution in [0, 0.1) is 0 Å². The molecule has 1 atom stereocenters. The highest BCUT2D eigenvalue weighted by Gasteiger charge is 2.22. The van der Waals surface area contributed by atoms with Gasteiger partial charge in [0.1, 0.15) is 0 Å². The molecule has 0 spiro atoms. The number of amides is 1. The normalized spacial score (nSPS) is 11.8. The van der Waals surface area contributed by atoms with Crippen molar-refractivity contribution in [1.82, 2.24) is 10.3 Å². The minimum absolute atomic E-state index is 0.00117. The summed E-state index contributed by atoms with van der Waals surface area (Å²) in [6, 6.07) is 34.2. The second kappa shape index (κ2) is 9.66. The van der Waals surface area contributed by atoms with E-state index in [1.54, 1.807) is 12.4 Å². The standard InChI is InChI=1S/C27H24N2O/c30-26(20-25(21-10-4-1-5-11-21)22-12-6-2-7-13-22)29-27(23-14-8-3-9-15-23)24-16-18-28-19-17-24/h1-19,25,27H,20H2,(H,29,30)/t27-/m0/s1. The van der Waals surface area contributed by atoms with Crippen molar-refractivity contribution in [2.75, 3.05) is 0 Å². The summed E-state index contributed by atoms with van der Waals surface area (Å²) >= 11 is 0. The Morgan fingerprint density at radius 2 is 1.07 bits per heavy atom. The van der Waals surface area contributed by atoms with Crippen LogP contribution < -0.4 is 5.32 Å². The van der Waals surface area contributed by atoms with E-state index in [1.807, 2.05) is 78.9 Å².